The minimum absolute atomic E-state index is 0.0436. The van der Waals surface area contributed by atoms with E-state index in [1.165, 1.54) is 36.0 Å². The summed E-state index contributed by atoms with van der Waals surface area (Å²) in [6.45, 7) is 0. The van der Waals surface area contributed by atoms with Gasteiger partial charge in [0.15, 0.2) is 0 Å². The van der Waals surface area contributed by atoms with Gasteiger partial charge in [-0.05, 0) is 42.5 Å². The zero-order chi connectivity index (χ0) is 13.8. The number of aromatic hydroxyl groups is 1. The van der Waals surface area contributed by atoms with Crippen LogP contribution >= 0.6 is 11.8 Å². The predicted molar refractivity (Wildman–Crippen MR) is 70.3 cm³/mol. The van der Waals surface area contributed by atoms with E-state index in [4.69, 9.17) is 10.4 Å². The fraction of sp³-hybridized carbons (Fsp3) is 0. The van der Waals surface area contributed by atoms with Gasteiger partial charge in [-0.3, -0.25) is 0 Å². The van der Waals surface area contributed by atoms with Crippen molar-refractivity contribution in [3.05, 3.63) is 53.6 Å². The fourth-order valence-electron chi connectivity index (χ4n) is 1.49. The van der Waals surface area contributed by atoms with E-state index >= 15 is 0 Å². The number of benzene rings is 2. The molecule has 19 heavy (non-hydrogen) atoms. The van der Waals surface area contributed by atoms with E-state index in [9.17, 15) is 9.90 Å². The van der Waals surface area contributed by atoms with Crippen LogP contribution in [-0.4, -0.2) is 16.2 Å². The van der Waals surface area contributed by atoms with Crippen molar-refractivity contribution in [3.63, 3.8) is 0 Å². The number of aromatic carboxylic acids is 1. The molecule has 2 N–H and O–H groups in total. The average molecular weight is 271 g/mol. The minimum atomic E-state index is -0.973. The first-order valence-corrected chi connectivity index (χ1v) is 6.16. The zero-order valence-electron chi connectivity index (χ0n) is 9.70. The summed E-state index contributed by atoms with van der Waals surface area (Å²) in [7, 11) is 0. The van der Waals surface area contributed by atoms with Crippen LogP contribution in [0.4, 0.5) is 0 Å². The molecule has 4 nitrogen and oxygen atoms in total. The third-order valence-electron chi connectivity index (χ3n) is 2.41. The molecule has 0 amide bonds. The number of rotatable bonds is 3. The van der Waals surface area contributed by atoms with Crippen LogP contribution in [0.3, 0.4) is 0 Å². The molecule has 0 unspecified atom stereocenters. The minimum Gasteiger partial charge on any atom is -0.508 e. The Balaban J connectivity index is 2.26. The molecule has 94 valence electrons. The maximum Gasteiger partial charge on any atom is 0.335 e. The van der Waals surface area contributed by atoms with Gasteiger partial charge >= 0.3 is 5.97 Å². The van der Waals surface area contributed by atoms with Gasteiger partial charge in [-0.2, -0.15) is 5.26 Å². The summed E-state index contributed by atoms with van der Waals surface area (Å²) < 4.78 is 0. The zero-order valence-corrected chi connectivity index (χ0v) is 10.5. The Morgan fingerprint density at radius 1 is 1.16 bits per heavy atom. The highest BCUT2D eigenvalue weighted by molar-refractivity contribution is 7.99. The normalized spacial score (nSPS) is 9.84. The quantitative estimate of drug-likeness (QED) is 0.896. The van der Waals surface area contributed by atoms with Crippen LogP contribution in [0.15, 0.2) is 52.3 Å². The SMILES string of the molecule is N#Cc1cc(O)ccc1Sc1ccc(C(=O)O)cc1. The molecule has 0 radical (unpaired) electrons. The highest BCUT2D eigenvalue weighted by atomic mass is 32.2. The summed E-state index contributed by atoms with van der Waals surface area (Å²) >= 11 is 1.34. The number of nitriles is 1. The molecule has 0 spiro atoms. The van der Waals surface area contributed by atoms with Crippen molar-refractivity contribution in [1.82, 2.24) is 0 Å². The first kappa shape index (κ1) is 13.0. The molecule has 0 atom stereocenters. The lowest BCUT2D eigenvalue weighted by Crippen LogP contribution is -1.94. The molecule has 0 bridgehead atoms. The largest absolute Gasteiger partial charge is 0.508 e. The molecular formula is C14H9NO3S. The van der Waals surface area contributed by atoms with Gasteiger partial charge < -0.3 is 10.2 Å². The van der Waals surface area contributed by atoms with E-state index in [0.717, 1.165) is 4.90 Å². The molecule has 2 aromatic carbocycles. The lowest BCUT2D eigenvalue weighted by Gasteiger charge is -2.04. The van der Waals surface area contributed by atoms with Crippen LogP contribution in [0.5, 0.6) is 5.75 Å². The first-order valence-electron chi connectivity index (χ1n) is 5.34. The summed E-state index contributed by atoms with van der Waals surface area (Å²) in [6.07, 6.45) is 0. The molecule has 2 rings (SSSR count). The number of nitrogens with zero attached hydrogens (tertiary/aromatic N) is 1. The van der Waals surface area contributed by atoms with Crippen LogP contribution in [0.25, 0.3) is 0 Å². The summed E-state index contributed by atoms with van der Waals surface area (Å²) in [6, 6.07) is 13.0. The molecule has 0 saturated heterocycles. The maximum atomic E-state index is 10.7. The molecule has 0 aromatic heterocycles. The van der Waals surface area contributed by atoms with Crippen LogP contribution < -0.4 is 0 Å². The first-order chi connectivity index (χ1) is 9.10. The van der Waals surface area contributed by atoms with Crippen LogP contribution in [0.2, 0.25) is 0 Å². The number of hydrogen-bond acceptors (Lipinski definition) is 4. The van der Waals surface area contributed by atoms with Crippen molar-refractivity contribution in [1.29, 1.82) is 5.26 Å². The summed E-state index contributed by atoms with van der Waals surface area (Å²) in [5, 5.41) is 27.1. The van der Waals surface area contributed by atoms with Crippen LogP contribution in [0, 0.1) is 11.3 Å². The van der Waals surface area contributed by atoms with Gasteiger partial charge in [0.05, 0.1) is 11.1 Å². The predicted octanol–water partition coefficient (Wildman–Crippen LogP) is 3.11. The van der Waals surface area contributed by atoms with Gasteiger partial charge in [-0.15, -0.1) is 0 Å². The van der Waals surface area contributed by atoms with Crippen molar-refractivity contribution in [2.75, 3.05) is 0 Å². The van der Waals surface area contributed by atoms with Crippen molar-refractivity contribution in [2.24, 2.45) is 0 Å². The summed E-state index contributed by atoms with van der Waals surface area (Å²) in [4.78, 5) is 12.3. The van der Waals surface area contributed by atoms with Crippen molar-refractivity contribution in [2.45, 2.75) is 9.79 Å². The molecule has 0 fully saturated rings. The molecule has 0 aliphatic heterocycles. The van der Waals surface area contributed by atoms with E-state index in [0.29, 0.717) is 10.5 Å². The summed E-state index contributed by atoms with van der Waals surface area (Å²) in [5.74, 6) is -0.930. The average Bonchev–Trinajstić information content (AvgIpc) is 2.41. The van der Waals surface area contributed by atoms with E-state index < -0.39 is 5.97 Å². The highest BCUT2D eigenvalue weighted by Gasteiger charge is 2.07. The maximum absolute atomic E-state index is 10.7. The number of hydrogen-bond donors (Lipinski definition) is 2. The van der Waals surface area contributed by atoms with E-state index in [1.807, 2.05) is 6.07 Å². The third-order valence-corrected chi connectivity index (χ3v) is 3.50. The standard InChI is InChI=1S/C14H9NO3S/c15-8-10-7-11(16)3-6-13(10)19-12-4-1-9(2-5-12)14(17)18/h1-7,16H,(H,17,18). The molecule has 0 aliphatic rings. The van der Waals surface area contributed by atoms with Gasteiger partial charge in [0, 0.05) is 9.79 Å². The number of phenols is 1. The molecular weight excluding hydrogens is 262 g/mol. The fourth-order valence-corrected chi connectivity index (χ4v) is 2.36. The van der Waals surface area contributed by atoms with Gasteiger partial charge in [0.2, 0.25) is 0 Å². The van der Waals surface area contributed by atoms with Gasteiger partial charge in [0.1, 0.15) is 11.8 Å². The molecule has 0 heterocycles. The van der Waals surface area contributed by atoms with Crippen molar-refractivity contribution < 1.29 is 15.0 Å². The number of carbonyl (C=O) groups is 1. The number of phenolic OH excluding ortho intramolecular Hbond substituents is 1. The Kier molecular flexibility index (Phi) is 3.74. The van der Waals surface area contributed by atoms with E-state index in [1.54, 1.807) is 18.2 Å². The van der Waals surface area contributed by atoms with Gasteiger partial charge in [0.25, 0.3) is 0 Å². The number of carboxylic acid groups (broad SMARTS) is 1. The van der Waals surface area contributed by atoms with Crippen LogP contribution in [-0.2, 0) is 0 Å². The Bertz CT molecular complexity index is 659. The third kappa shape index (κ3) is 3.06. The monoisotopic (exact) mass is 271 g/mol. The van der Waals surface area contributed by atoms with Crippen molar-refractivity contribution in [3.8, 4) is 11.8 Å². The lowest BCUT2D eigenvalue weighted by atomic mass is 10.2. The Morgan fingerprint density at radius 3 is 2.42 bits per heavy atom. The summed E-state index contributed by atoms with van der Waals surface area (Å²) in [5.41, 5.74) is 0.600. The molecule has 0 saturated carbocycles. The van der Waals surface area contributed by atoms with Gasteiger partial charge in [-0.25, -0.2) is 4.79 Å². The van der Waals surface area contributed by atoms with Crippen LogP contribution in [0.1, 0.15) is 15.9 Å². The topological polar surface area (TPSA) is 81.3 Å². The second-order valence-electron chi connectivity index (χ2n) is 3.72. The second kappa shape index (κ2) is 5.46. The Morgan fingerprint density at radius 2 is 1.84 bits per heavy atom. The molecule has 0 aliphatic carbocycles. The highest BCUT2D eigenvalue weighted by Crippen LogP contribution is 2.32. The molecule has 2 aromatic rings. The second-order valence-corrected chi connectivity index (χ2v) is 4.84. The molecule has 5 heteroatoms. The van der Waals surface area contributed by atoms with E-state index in [-0.39, 0.29) is 11.3 Å². The Labute approximate surface area is 113 Å². The lowest BCUT2D eigenvalue weighted by molar-refractivity contribution is 0.0697. The Hall–Kier alpha value is -2.45. The van der Waals surface area contributed by atoms with Crippen molar-refractivity contribution >= 4 is 17.7 Å². The number of carboxylic acids is 1. The van der Waals surface area contributed by atoms with E-state index in [2.05, 4.69) is 0 Å². The smallest absolute Gasteiger partial charge is 0.335 e. The van der Waals surface area contributed by atoms with Gasteiger partial charge in [-0.1, -0.05) is 11.8 Å².